The second kappa shape index (κ2) is 9.03. The summed E-state index contributed by atoms with van der Waals surface area (Å²) < 4.78 is 10.9. The lowest BCUT2D eigenvalue weighted by molar-refractivity contribution is -0.137. The summed E-state index contributed by atoms with van der Waals surface area (Å²) in [6, 6.07) is 6.65. The zero-order valence-electron chi connectivity index (χ0n) is 14.9. The van der Waals surface area contributed by atoms with Crippen molar-refractivity contribution in [3.8, 4) is 5.75 Å². The van der Waals surface area contributed by atoms with Crippen LogP contribution in [-0.4, -0.2) is 29.6 Å². The van der Waals surface area contributed by atoms with Crippen molar-refractivity contribution in [3.63, 3.8) is 0 Å². The summed E-state index contributed by atoms with van der Waals surface area (Å²) in [4.78, 5) is 34.1. The van der Waals surface area contributed by atoms with Crippen LogP contribution in [0, 0.1) is 0 Å². The molecule has 0 fully saturated rings. The number of amides is 1. The van der Waals surface area contributed by atoms with Gasteiger partial charge in [-0.05, 0) is 37.5 Å². The van der Waals surface area contributed by atoms with Gasteiger partial charge in [-0.2, -0.15) is 0 Å². The van der Waals surface area contributed by atoms with Gasteiger partial charge >= 0.3 is 11.6 Å². The average Bonchev–Trinajstić information content (AvgIpc) is 2.58. The van der Waals surface area contributed by atoms with E-state index in [1.807, 2.05) is 13.0 Å². The second-order valence-corrected chi connectivity index (χ2v) is 6.05. The molecule has 0 bridgehead atoms. The Hall–Kier alpha value is -2.83. The van der Waals surface area contributed by atoms with E-state index >= 15 is 0 Å². The number of carbonyl (C=O) groups excluding carboxylic acids is 1. The molecule has 2 aromatic rings. The molecule has 0 aliphatic rings. The van der Waals surface area contributed by atoms with Crippen LogP contribution in [0.25, 0.3) is 11.0 Å². The van der Waals surface area contributed by atoms with Gasteiger partial charge in [-0.1, -0.05) is 13.3 Å². The van der Waals surface area contributed by atoms with Gasteiger partial charge in [0.1, 0.15) is 11.3 Å². The third kappa shape index (κ3) is 5.34. The number of fused-ring (bicyclic) bond motifs is 1. The number of nitrogens with one attached hydrogen (secondary N) is 1. The van der Waals surface area contributed by atoms with Gasteiger partial charge in [0.15, 0.2) is 6.10 Å². The fourth-order valence-corrected chi connectivity index (χ4v) is 2.61. The Morgan fingerprint density at radius 2 is 2.08 bits per heavy atom. The van der Waals surface area contributed by atoms with E-state index in [1.165, 1.54) is 6.07 Å². The normalized spacial score (nSPS) is 11.9. The molecule has 140 valence electrons. The Labute approximate surface area is 151 Å². The molecule has 7 heteroatoms. The number of carbonyl (C=O) groups is 2. The Balaban J connectivity index is 2.04. The largest absolute Gasteiger partial charge is 0.481 e. The molecular weight excluding hydrogens is 338 g/mol. The number of aryl methyl sites for hydroxylation is 1. The minimum absolute atomic E-state index is 0.000676. The lowest BCUT2D eigenvalue weighted by Gasteiger charge is -2.15. The van der Waals surface area contributed by atoms with Crippen molar-refractivity contribution in [2.75, 3.05) is 6.54 Å². The molecule has 2 rings (SSSR count). The Morgan fingerprint density at radius 1 is 1.31 bits per heavy atom. The first kappa shape index (κ1) is 19.5. The molecule has 7 nitrogen and oxygen atoms in total. The van der Waals surface area contributed by atoms with E-state index in [2.05, 4.69) is 5.32 Å². The van der Waals surface area contributed by atoms with Crippen molar-refractivity contribution < 1.29 is 23.8 Å². The average molecular weight is 361 g/mol. The van der Waals surface area contributed by atoms with Gasteiger partial charge in [0.25, 0.3) is 5.91 Å². The number of carboxylic acid groups (broad SMARTS) is 1. The zero-order valence-corrected chi connectivity index (χ0v) is 14.9. The summed E-state index contributed by atoms with van der Waals surface area (Å²) in [6.45, 7) is 3.90. The smallest absolute Gasteiger partial charge is 0.336 e. The van der Waals surface area contributed by atoms with Gasteiger partial charge < -0.3 is 19.6 Å². The minimum Gasteiger partial charge on any atom is -0.481 e. The summed E-state index contributed by atoms with van der Waals surface area (Å²) >= 11 is 0. The van der Waals surface area contributed by atoms with Crippen LogP contribution >= 0.6 is 0 Å². The van der Waals surface area contributed by atoms with Crippen LogP contribution in [0.1, 0.15) is 38.7 Å². The number of carboxylic acids is 1. The van der Waals surface area contributed by atoms with Crippen molar-refractivity contribution in [3.05, 3.63) is 40.2 Å². The topological polar surface area (TPSA) is 106 Å². The summed E-state index contributed by atoms with van der Waals surface area (Å²) in [7, 11) is 0. The lowest BCUT2D eigenvalue weighted by Crippen LogP contribution is -2.36. The van der Waals surface area contributed by atoms with Gasteiger partial charge in [-0.3, -0.25) is 9.59 Å². The molecule has 0 spiro atoms. The van der Waals surface area contributed by atoms with Crippen molar-refractivity contribution >= 4 is 22.8 Å². The highest BCUT2D eigenvalue weighted by atomic mass is 16.5. The molecule has 2 N–H and O–H groups in total. The Bertz CT molecular complexity index is 842. The molecule has 1 atom stereocenters. The summed E-state index contributed by atoms with van der Waals surface area (Å²) in [6.07, 6.45) is 1.28. The molecular formula is C19H23NO6. The highest BCUT2D eigenvalue weighted by molar-refractivity contribution is 5.83. The van der Waals surface area contributed by atoms with Gasteiger partial charge in [-0.25, -0.2) is 4.79 Å². The summed E-state index contributed by atoms with van der Waals surface area (Å²) in [5, 5.41) is 12.1. The van der Waals surface area contributed by atoms with Crippen LogP contribution in [0.3, 0.4) is 0 Å². The molecule has 0 saturated heterocycles. The fourth-order valence-electron chi connectivity index (χ4n) is 2.61. The van der Waals surface area contributed by atoms with Crippen molar-refractivity contribution in [1.82, 2.24) is 5.32 Å². The highest BCUT2D eigenvalue weighted by Gasteiger charge is 2.15. The monoisotopic (exact) mass is 361 g/mol. The van der Waals surface area contributed by atoms with Crippen LogP contribution in [0.5, 0.6) is 5.75 Å². The van der Waals surface area contributed by atoms with E-state index in [0.717, 1.165) is 23.8 Å². The van der Waals surface area contributed by atoms with Crippen LogP contribution in [0.15, 0.2) is 33.5 Å². The number of hydrogen-bond donors (Lipinski definition) is 2. The predicted octanol–water partition coefficient (Wildman–Crippen LogP) is 2.49. The maximum Gasteiger partial charge on any atom is 0.336 e. The lowest BCUT2D eigenvalue weighted by atomic mass is 10.1. The van der Waals surface area contributed by atoms with Crippen molar-refractivity contribution in [2.24, 2.45) is 0 Å². The molecule has 1 aromatic carbocycles. The molecule has 26 heavy (non-hydrogen) atoms. The molecule has 0 saturated carbocycles. The van der Waals surface area contributed by atoms with Gasteiger partial charge in [0.05, 0.1) is 0 Å². The quantitative estimate of drug-likeness (QED) is 0.525. The molecule has 1 heterocycles. The third-order valence-corrected chi connectivity index (χ3v) is 3.87. The first-order valence-electron chi connectivity index (χ1n) is 8.63. The highest BCUT2D eigenvalue weighted by Crippen LogP contribution is 2.24. The molecule has 0 radical (unpaired) electrons. The molecule has 0 aliphatic carbocycles. The van der Waals surface area contributed by atoms with Crippen molar-refractivity contribution in [1.29, 1.82) is 0 Å². The molecule has 0 aliphatic heterocycles. The van der Waals surface area contributed by atoms with Crippen molar-refractivity contribution in [2.45, 2.75) is 45.6 Å². The maximum absolute atomic E-state index is 12.0. The van der Waals surface area contributed by atoms with Crippen LogP contribution in [0.2, 0.25) is 0 Å². The van der Waals surface area contributed by atoms with Gasteiger partial charge in [-0.15, -0.1) is 0 Å². The van der Waals surface area contributed by atoms with Crippen LogP contribution in [-0.2, 0) is 16.0 Å². The number of rotatable bonds is 9. The van der Waals surface area contributed by atoms with E-state index in [-0.39, 0.29) is 18.9 Å². The maximum atomic E-state index is 12.0. The van der Waals surface area contributed by atoms with E-state index < -0.39 is 17.7 Å². The number of benzene rings is 1. The van der Waals surface area contributed by atoms with E-state index in [4.69, 9.17) is 14.3 Å². The minimum atomic E-state index is -0.899. The number of ether oxygens (including phenoxy) is 1. The van der Waals surface area contributed by atoms with E-state index in [1.54, 1.807) is 19.1 Å². The third-order valence-electron chi connectivity index (χ3n) is 3.87. The Kier molecular flexibility index (Phi) is 6.77. The summed E-state index contributed by atoms with van der Waals surface area (Å²) in [5.41, 5.74) is 0.935. The summed E-state index contributed by atoms with van der Waals surface area (Å²) in [5.74, 6) is -0.817. The zero-order chi connectivity index (χ0) is 19.1. The van der Waals surface area contributed by atoms with E-state index in [9.17, 15) is 14.4 Å². The molecule has 1 aromatic heterocycles. The van der Waals surface area contributed by atoms with Crippen LogP contribution < -0.4 is 15.7 Å². The predicted molar refractivity (Wildman–Crippen MR) is 96.4 cm³/mol. The second-order valence-electron chi connectivity index (χ2n) is 6.05. The Morgan fingerprint density at radius 3 is 2.77 bits per heavy atom. The molecule has 0 unspecified atom stereocenters. The van der Waals surface area contributed by atoms with Gasteiger partial charge in [0, 0.05) is 30.5 Å². The molecule has 1 amide bonds. The first-order chi connectivity index (χ1) is 12.4. The van der Waals surface area contributed by atoms with Crippen LogP contribution in [0.4, 0.5) is 0 Å². The first-order valence-corrected chi connectivity index (χ1v) is 8.63. The number of hydrogen-bond acceptors (Lipinski definition) is 5. The standard InChI is InChI=1S/C19H23NO6/c1-3-5-13-10-18(23)26-16-11-14(7-8-15(13)16)25-12(2)19(24)20-9-4-6-17(21)22/h7-8,10-12H,3-6,9H2,1-2H3,(H,20,24)(H,21,22)/t12-/m1/s1. The van der Waals surface area contributed by atoms with Gasteiger partial charge in [0.2, 0.25) is 0 Å². The fraction of sp³-hybridized carbons (Fsp3) is 0.421. The number of aliphatic carboxylic acids is 1. The SMILES string of the molecule is CCCc1cc(=O)oc2cc(O[C@H](C)C(=O)NCCCC(=O)O)ccc12. The van der Waals surface area contributed by atoms with E-state index in [0.29, 0.717) is 17.8 Å².